The maximum absolute atomic E-state index is 13.4. The number of aromatic nitrogens is 1. The monoisotopic (exact) mass is 419 g/mol. The van der Waals surface area contributed by atoms with Crippen molar-refractivity contribution in [2.24, 2.45) is 7.05 Å². The van der Waals surface area contributed by atoms with E-state index < -0.39 is 5.92 Å². The highest BCUT2D eigenvalue weighted by molar-refractivity contribution is 6.11. The molecular formula is C24H22FN3O3. The van der Waals surface area contributed by atoms with Gasteiger partial charge in [0.1, 0.15) is 5.82 Å². The molecule has 0 bridgehead atoms. The molecule has 0 aliphatic carbocycles. The number of halogens is 1. The maximum Gasteiger partial charge on any atom is 0.258 e. The van der Waals surface area contributed by atoms with E-state index >= 15 is 0 Å². The number of pyridine rings is 1. The number of benzene rings is 2. The Bertz CT molecular complexity index is 1290. The number of hydrogen-bond donors (Lipinski definition) is 1. The number of nitrogens with one attached hydrogen (secondary N) is 1. The van der Waals surface area contributed by atoms with E-state index in [1.807, 2.05) is 6.92 Å². The lowest BCUT2D eigenvalue weighted by molar-refractivity contribution is -0.128. The van der Waals surface area contributed by atoms with Gasteiger partial charge in [0.15, 0.2) is 0 Å². The third kappa shape index (κ3) is 3.74. The lowest BCUT2D eigenvalue weighted by atomic mass is 9.85. The van der Waals surface area contributed by atoms with Crippen LogP contribution in [0.15, 0.2) is 65.2 Å². The van der Waals surface area contributed by atoms with Crippen LogP contribution in [0.25, 0.3) is 10.8 Å². The Morgan fingerprint density at radius 1 is 1.03 bits per heavy atom. The zero-order valence-corrected chi connectivity index (χ0v) is 17.5. The predicted molar refractivity (Wildman–Crippen MR) is 117 cm³/mol. The summed E-state index contributed by atoms with van der Waals surface area (Å²) >= 11 is 0. The summed E-state index contributed by atoms with van der Waals surface area (Å²) in [6.45, 7) is 1.86. The van der Waals surface area contributed by atoms with E-state index in [1.54, 1.807) is 50.6 Å². The third-order valence-corrected chi connectivity index (χ3v) is 5.72. The zero-order chi connectivity index (χ0) is 22.3. The second-order valence-electron chi connectivity index (χ2n) is 7.80. The number of amides is 2. The molecule has 0 radical (unpaired) electrons. The van der Waals surface area contributed by atoms with Crippen molar-refractivity contribution in [2.75, 3.05) is 12.4 Å². The van der Waals surface area contributed by atoms with Crippen molar-refractivity contribution in [3.63, 3.8) is 0 Å². The van der Waals surface area contributed by atoms with Crippen molar-refractivity contribution in [3.8, 4) is 0 Å². The summed E-state index contributed by atoms with van der Waals surface area (Å²) in [5, 5.41) is 4.10. The molecule has 2 aromatic carbocycles. The van der Waals surface area contributed by atoms with Crippen LogP contribution in [0.5, 0.6) is 0 Å². The SMILES string of the molecule is Cc1ccc2c(=O)n(C)ccc2c1NC(=O)C1=CN(C)C(=O)C[C@H]1c1ccc(F)cc1. The van der Waals surface area contributed by atoms with Crippen LogP contribution >= 0.6 is 0 Å². The molecule has 31 heavy (non-hydrogen) atoms. The second kappa shape index (κ2) is 7.83. The van der Waals surface area contributed by atoms with Crippen molar-refractivity contribution in [1.29, 1.82) is 0 Å². The first-order valence-electron chi connectivity index (χ1n) is 9.89. The molecule has 3 aromatic rings. The molecule has 1 N–H and O–H groups in total. The van der Waals surface area contributed by atoms with E-state index in [2.05, 4.69) is 5.32 Å². The Morgan fingerprint density at radius 2 is 1.74 bits per heavy atom. The summed E-state index contributed by atoms with van der Waals surface area (Å²) in [5.74, 6) is -1.38. The average Bonchev–Trinajstić information content (AvgIpc) is 2.75. The van der Waals surface area contributed by atoms with Gasteiger partial charge in [0, 0.05) is 55.2 Å². The van der Waals surface area contributed by atoms with Gasteiger partial charge >= 0.3 is 0 Å². The molecule has 1 atom stereocenters. The molecular weight excluding hydrogens is 397 g/mol. The number of carbonyl (C=O) groups excluding carboxylic acids is 2. The molecule has 0 spiro atoms. The Kier molecular flexibility index (Phi) is 5.19. The standard InChI is InChI=1S/C24H22FN3O3/c1-14-4-9-18-17(10-11-27(2)24(18)31)22(14)26-23(30)20-13-28(3)21(29)12-19(20)15-5-7-16(25)8-6-15/h4-11,13,19H,12H2,1-3H3,(H,26,30)/t19-/m0/s1. The van der Waals surface area contributed by atoms with Crippen molar-refractivity contribution in [1.82, 2.24) is 9.47 Å². The third-order valence-electron chi connectivity index (χ3n) is 5.72. The number of rotatable bonds is 3. The highest BCUT2D eigenvalue weighted by Crippen LogP contribution is 2.34. The lowest BCUT2D eigenvalue weighted by Gasteiger charge is -2.28. The molecule has 2 amide bonds. The molecule has 7 heteroatoms. The van der Waals surface area contributed by atoms with Crippen LogP contribution in [-0.2, 0) is 16.6 Å². The van der Waals surface area contributed by atoms with Gasteiger partial charge in [0.2, 0.25) is 5.91 Å². The zero-order valence-electron chi connectivity index (χ0n) is 17.5. The topological polar surface area (TPSA) is 71.4 Å². The fraction of sp³-hybridized carbons (Fsp3) is 0.208. The summed E-state index contributed by atoms with van der Waals surface area (Å²) in [6.07, 6.45) is 3.29. The molecule has 158 valence electrons. The van der Waals surface area contributed by atoms with Crippen molar-refractivity contribution < 1.29 is 14.0 Å². The van der Waals surface area contributed by atoms with Gasteiger partial charge in [-0.3, -0.25) is 14.4 Å². The first-order chi connectivity index (χ1) is 14.8. The molecule has 0 unspecified atom stereocenters. The number of carbonyl (C=O) groups is 2. The van der Waals surface area contributed by atoms with E-state index in [-0.39, 0.29) is 29.6 Å². The van der Waals surface area contributed by atoms with Gasteiger partial charge in [-0.1, -0.05) is 18.2 Å². The van der Waals surface area contributed by atoms with Gasteiger partial charge in [0.25, 0.3) is 11.5 Å². The highest BCUT2D eigenvalue weighted by atomic mass is 19.1. The number of hydrogen-bond acceptors (Lipinski definition) is 3. The molecule has 1 aliphatic heterocycles. The molecule has 4 rings (SSSR count). The van der Waals surface area contributed by atoms with E-state index in [1.165, 1.54) is 27.8 Å². The van der Waals surface area contributed by atoms with E-state index in [0.29, 0.717) is 27.6 Å². The fourth-order valence-electron chi connectivity index (χ4n) is 3.89. The molecule has 1 aromatic heterocycles. The number of fused-ring (bicyclic) bond motifs is 1. The van der Waals surface area contributed by atoms with Gasteiger partial charge in [-0.15, -0.1) is 0 Å². The van der Waals surface area contributed by atoms with Crippen LogP contribution < -0.4 is 10.9 Å². The molecule has 2 heterocycles. The number of aryl methyl sites for hydroxylation is 2. The van der Waals surface area contributed by atoms with E-state index in [9.17, 15) is 18.8 Å². The summed E-state index contributed by atoms with van der Waals surface area (Å²) in [6, 6.07) is 11.1. The van der Waals surface area contributed by atoms with Gasteiger partial charge in [-0.05, 0) is 42.3 Å². The predicted octanol–water partition coefficient (Wildman–Crippen LogP) is 3.45. The van der Waals surface area contributed by atoms with Gasteiger partial charge in [-0.2, -0.15) is 0 Å². The Hall–Kier alpha value is -3.74. The minimum atomic E-state index is -0.493. The maximum atomic E-state index is 13.4. The minimum absolute atomic E-state index is 0.108. The highest BCUT2D eigenvalue weighted by Gasteiger charge is 2.31. The second-order valence-corrected chi connectivity index (χ2v) is 7.80. The average molecular weight is 419 g/mol. The Morgan fingerprint density at radius 3 is 2.45 bits per heavy atom. The van der Waals surface area contributed by atoms with Crippen LogP contribution in [0.4, 0.5) is 10.1 Å². The first-order valence-corrected chi connectivity index (χ1v) is 9.89. The van der Waals surface area contributed by atoms with Crippen molar-refractivity contribution >= 4 is 28.3 Å². The van der Waals surface area contributed by atoms with E-state index in [4.69, 9.17) is 0 Å². The summed E-state index contributed by atoms with van der Waals surface area (Å²) < 4.78 is 14.9. The Balaban J connectivity index is 1.76. The van der Waals surface area contributed by atoms with Crippen molar-refractivity contribution in [3.05, 3.63) is 87.7 Å². The molecule has 0 saturated heterocycles. The minimum Gasteiger partial charge on any atom is -0.322 e. The summed E-state index contributed by atoms with van der Waals surface area (Å²) in [4.78, 5) is 39.5. The Labute approximate surface area is 178 Å². The molecule has 0 saturated carbocycles. The van der Waals surface area contributed by atoms with Gasteiger partial charge < -0.3 is 14.8 Å². The largest absolute Gasteiger partial charge is 0.322 e. The van der Waals surface area contributed by atoms with Crippen LogP contribution in [0.3, 0.4) is 0 Å². The van der Waals surface area contributed by atoms with E-state index in [0.717, 1.165) is 5.56 Å². The molecule has 0 fully saturated rings. The summed E-state index contributed by atoms with van der Waals surface area (Å²) in [7, 11) is 3.27. The summed E-state index contributed by atoms with van der Waals surface area (Å²) in [5.41, 5.74) is 2.30. The van der Waals surface area contributed by atoms with Gasteiger partial charge in [-0.25, -0.2) is 4.39 Å². The fourth-order valence-corrected chi connectivity index (χ4v) is 3.89. The first kappa shape index (κ1) is 20.5. The van der Waals surface area contributed by atoms with Crippen LogP contribution in [0.1, 0.15) is 23.5 Å². The quantitative estimate of drug-likeness (QED) is 0.707. The molecule has 6 nitrogen and oxygen atoms in total. The van der Waals surface area contributed by atoms with Crippen molar-refractivity contribution in [2.45, 2.75) is 19.3 Å². The van der Waals surface area contributed by atoms with Crippen LogP contribution in [-0.4, -0.2) is 28.3 Å². The molecule has 1 aliphatic rings. The number of anilines is 1. The normalized spacial score (nSPS) is 16.4. The van der Waals surface area contributed by atoms with Crippen LogP contribution in [0, 0.1) is 12.7 Å². The number of nitrogens with zero attached hydrogens (tertiary/aromatic N) is 2. The smallest absolute Gasteiger partial charge is 0.258 e. The van der Waals surface area contributed by atoms with Crippen LogP contribution in [0.2, 0.25) is 0 Å². The van der Waals surface area contributed by atoms with Gasteiger partial charge in [0.05, 0.1) is 5.69 Å². The lowest BCUT2D eigenvalue weighted by Crippen LogP contribution is -2.33.